The number of aliphatic imine (C=N–C) groups is 1. The van der Waals surface area contributed by atoms with E-state index in [9.17, 15) is 0 Å². The number of ether oxygens (including phenoxy) is 1. The molecule has 0 bridgehead atoms. The number of nitrogens with zero attached hydrogens (tertiary/aromatic N) is 4. The molecule has 0 saturated heterocycles. The van der Waals surface area contributed by atoms with Crippen molar-refractivity contribution in [2.45, 2.75) is 52.6 Å². The summed E-state index contributed by atoms with van der Waals surface area (Å²) in [5, 5.41) is 15.1. The first-order valence-electron chi connectivity index (χ1n) is 10.7. The van der Waals surface area contributed by atoms with E-state index >= 15 is 0 Å². The van der Waals surface area contributed by atoms with Crippen LogP contribution in [0, 0.1) is 6.92 Å². The van der Waals surface area contributed by atoms with E-state index in [1.165, 1.54) is 24.8 Å². The van der Waals surface area contributed by atoms with Gasteiger partial charge >= 0.3 is 0 Å². The largest absolute Gasteiger partial charge is 0.493 e. The van der Waals surface area contributed by atoms with Gasteiger partial charge in [-0.3, -0.25) is 9.39 Å². The first-order valence-corrected chi connectivity index (χ1v) is 10.7. The topological polar surface area (TPSA) is 75.8 Å². The molecule has 31 heavy (non-hydrogen) atoms. The number of hydrogen-bond donors (Lipinski definition) is 2. The van der Waals surface area contributed by atoms with Gasteiger partial charge in [0.1, 0.15) is 5.75 Å². The zero-order valence-corrected chi connectivity index (χ0v) is 20.9. The van der Waals surface area contributed by atoms with Crippen LogP contribution in [0.1, 0.15) is 49.6 Å². The number of aromatic nitrogens is 3. The van der Waals surface area contributed by atoms with Gasteiger partial charge in [-0.25, -0.2) is 0 Å². The lowest BCUT2D eigenvalue weighted by atomic mass is 10.1. The molecule has 0 fully saturated rings. The number of unbranched alkanes of at least 4 members (excludes halogenated alkanes) is 3. The predicted molar refractivity (Wildman–Crippen MR) is 136 cm³/mol. The van der Waals surface area contributed by atoms with Gasteiger partial charge in [0.05, 0.1) is 13.2 Å². The maximum absolute atomic E-state index is 6.08. The van der Waals surface area contributed by atoms with Gasteiger partial charge < -0.3 is 15.4 Å². The first kappa shape index (κ1) is 24.9. The molecule has 0 saturated carbocycles. The molecule has 0 unspecified atom stereocenters. The van der Waals surface area contributed by atoms with Crippen LogP contribution >= 0.6 is 24.0 Å². The molecule has 8 heteroatoms. The first-order chi connectivity index (χ1) is 14.7. The molecule has 7 nitrogen and oxygen atoms in total. The van der Waals surface area contributed by atoms with Gasteiger partial charge in [0.15, 0.2) is 17.4 Å². The molecule has 0 aliphatic heterocycles. The van der Waals surface area contributed by atoms with Crippen molar-refractivity contribution in [3.05, 3.63) is 59.5 Å². The van der Waals surface area contributed by atoms with Crippen LogP contribution in [0.3, 0.4) is 0 Å². The average molecular weight is 536 g/mol. The Morgan fingerprint density at radius 1 is 1.06 bits per heavy atom. The van der Waals surface area contributed by atoms with E-state index in [4.69, 9.17) is 4.74 Å². The van der Waals surface area contributed by atoms with Gasteiger partial charge in [-0.15, -0.1) is 34.2 Å². The number of fused-ring (bicyclic) bond motifs is 1. The number of rotatable bonds is 10. The van der Waals surface area contributed by atoms with Gasteiger partial charge in [-0.05, 0) is 37.1 Å². The Bertz CT molecular complexity index is 972. The molecule has 0 spiro atoms. The monoisotopic (exact) mass is 536 g/mol. The third kappa shape index (κ3) is 7.37. The summed E-state index contributed by atoms with van der Waals surface area (Å²) in [6.07, 6.45) is 6.75. The fourth-order valence-corrected chi connectivity index (χ4v) is 3.23. The van der Waals surface area contributed by atoms with Gasteiger partial charge in [-0.2, -0.15) is 0 Å². The van der Waals surface area contributed by atoms with E-state index in [0.29, 0.717) is 19.0 Å². The summed E-state index contributed by atoms with van der Waals surface area (Å²) in [4.78, 5) is 4.32. The summed E-state index contributed by atoms with van der Waals surface area (Å²) in [5.41, 5.74) is 3.15. The maximum atomic E-state index is 6.08. The summed E-state index contributed by atoms with van der Waals surface area (Å²) in [5.74, 6) is 2.48. The van der Waals surface area contributed by atoms with Crippen LogP contribution in [-0.2, 0) is 13.1 Å². The Labute approximate surface area is 201 Å². The molecule has 168 valence electrons. The van der Waals surface area contributed by atoms with E-state index in [-0.39, 0.29) is 24.0 Å². The second-order valence-corrected chi connectivity index (χ2v) is 7.34. The smallest absolute Gasteiger partial charge is 0.191 e. The minimum absolute atomic E-state index is 0. The summed E-state index contributed by atoms with van der Waals surface area (Å²) >= 11 is 0. The zero-order chi connectivity index (χ0) is 21.2. The van der Waals surface area contributed by atoms with E-state index in [1.54, 1.807) is 7.05 Å². The summed E-state index contributed by atoms with van der Waals surface area (Å²) < 4.78 is 8.04. The van der Waals surface area contributed by atoms with Crippen LogP contribution < -0.4 is 15.4 Å². The van der Waals surface area contributed by atoms with Crippen molar-refractivity contribution in [1.29, 1.82) is 0 Å². The molecule has 1 aromatic carbocycles. The highest BCUT2D eigenvalue weighted by Crippen LogP contribution is 2.21. The molecule has 0 aliphatic carbocycles. The lowest BCUT2D eigenvalue weighted by Crippen LogP contribution is -2.36. The van der Waals surface area contributed by atoms with E-state index in [2.05, 4.69) is 57.9 Å². The second-order valence-electron chi connectivity index (χ2n) is 7.34. The standard InChI is InChI=1S/C23H32N6O.HI/c1-4-5-6-9-14-30-20-15-18(2)11-12-19(20)16-25-23(24-3)26-17-22-28-27-21-10-7-8-13-29(21)22;/h7-8,10-13,15H,4-6,9,14,16-17H2,1-3H3,(H2,24,25,26);1H. The third-order valence-corrected chi connectivity index (χ3v) is 4.95. The highest BCUT2D eigenvalue weighted by Gasteiger charge is 2.08. The van der Waals surface area contributed by atoms with Crippen molar-refractivity contribution in [1.82, 2.24) is 25.2 Å². The lowest BCUT2D eigenvalue weighted by Gasteiger charge is -2.15. The minimum atomic E-state index is 0. The molecular weight excluding hydrogens is 503 g/mol. The number of pyridine rings is 1. The quantitative estimate of drug-likeness (QED) is 0.173. The molecule has 2 heterocycles. The highest BCUT2D eigenvalue weighted by molar-refractivity contribution is 14.0. The zero-order valence-electron chi connectivity index (χ0n) is 18.6. The Morgan fingerprint density at radius 2 is 1.90 bits per heavy atom. The predicted octanol–water partition coefficient (Wildman–Crippen LogP) is 4.48. The van der Waals surface area contributed by atoms with E-state index < -0.39 is 0 Å². The Balaban J connectivity index is 0.00000341. The Hall–Kier alpha value is -2.36. The van der Waals surface area contributed by atoms with Crippen LogP contribution in [0.25, 0.3) is 5.65 Å². The van der Waals surface area contributed by atoms with Crippen molar-refractivity contribution >= 4 is 35.6 Å². The fourth-order valence-electron chi connectivity index (χ4n) is 3.23. The molecule has 3 aromatic rings. The minimum Gasteiger partial charge on any atom is -0.493 e. The van der Waals surface area contributed by atoms with Crippen LogP contribution in [0.5, 0.6) is 5.75 Å². The summed E-state index contributed by atoms with van der Waals surface area (Å²) in [6, 6.07) is 12.2. The number of halogens is 1. The number of nitrogens with one attached hydrogen (secondary N) is 2. The van der Waals surface area contributed by atoms with Crippen LogP contribution in [0.2, 0.25) is 0 Å². The van der Waals surface area contributed by atoms with Crippen molar-refractivity contribution in [3.63, 3.8) is 0 Å². The number of aryl methyl sites for hydroxylation is 1. The van der Waals surface area contributed by atoms with E-state index in [1.807, 2.05) is 28.8 Å². The van der Waals surface area contributed by atoms with E-state index in [0.717, 1.165) is 35.8 Å². The van der Waals surface area contributed by atoms with Crippen molar-refractivity contribution in [2.24, 2.45) is 4.99 Å². The maximum Gasteiger partial charge on any atom is 0.191 e. The molecular formula is C23H33IN6O. The molecule has 0 aliphatic rings. The van der Waals surface area contributed by atoms with Gasteiger partial charge in [0.2, 0.25) is 0 Å². The molecule has 0 radical (unpaired) electrons. The highest BCUT2D eigenvalue weighted by atomic mass is 127. The summed E-state index contributed by atoms with van der Waals surface area (Å²) in [7, 11) is 1.76. The van der Waals surface area contributed by atoms with Crippen LogP contribution in [0.15, 0.2) is 47.6 Å². The van der Waals surface area contributed by atoms with Crippen LogP contribution in [-0.4, -0.2) is 34.2 Å². The van der Waals surface area contributed by atoms with Gasteiger partial charge in [0.25, 0.3) is 0 Å². The Kier molecular flexibility index (Phi) is 10.6. The normalized spacial score (nSPS) is 11.3. The molecule has 0 amide bonds. The van der Waals surface area contributed by atoms with Crippen LogP contribution in [0.4, 0.5) is 0 Å². The number of benzene rings is 1. The third-order valence-electron chi connectivity index (χ3n) is 4.95. The van der Waals surface area contributed by atoms with Crippen molar-refractivity contribution < 1.29 is 4.74 Å². The number of guanidine groups is 1. The van der Waals surface area contributed by atoms with Gasteiger partial charge in [-0.1, -0.05) is 44.4 Å². The SMILES string of the molecule is CCCCCCOc1cc(C)ccc1CNC(=NC)NCc1nnc2ccccn12.I. The fraction of sp³-hybridized carbons (Fsp3) is 0.435. The summed E-state index contributed by atoms with van der Waals surface area (Å²) in [6.45, 7) is 6.22. The molecule has 0 atom stereocenters. The van der Waals surface area contributed by atoms with Gasteiger partial charge in [0, 0.05) is 25.4 Å². The van der Waals surface area contributed by atoms with Crippen molar-refractivity contribution in [3.8, 4) is 5.75 Å². The Morgan fingerprint density at radius 3 is 2.71 bits per heavy atom. The molecule has 3 rings (SSSR count). The average Bonchev–Trinajstić information content (AvgIpc) is 3.18. The molecule has 2 N–H and O–H groups in total. The second kappa shape index (κ2) is 13.1. The number of hydrogen-bond acceptors (Lipinski definition) is 4. The molecule has 2 aromatic heterocycles. The lowest BCUT2D eigenvalue weighted by molar-refractivity contribution is 0.301. The van der Waals surface area contributed by atoms with Crippen molar-refractivity contribution in [2.75, 3.05) is 13.7 Å².